The van der Waals surface area contributed by atoms with Gasteiger partial charge in [-0.2, -0.15) is 5.10 Å². The molecule has 0 aliphatic rings. The summed E-state index contributed by atoms with van der Waals surface area (Å²) in [6.07, 6.45) is 4.61. The van der Waals surface area contributed by atoms with Crippen molar-refractivity contribution < 1.29 is 0 Å². The van der Waals surface area contributed by atoms with Crippen LogP contribution in [0.1, 0.15) is 44.5 Å². The van der Waals surface area contributed by atoms with E-state index in [1.807, 2.05) is 0 Å². The van der Waals surface area contributed by atoms with E-state index in [9.17, 15) is 0 Å². The molecule has 1 aromatic rings. The first-order chi connectivity index (χ1) is 8.36. The molecule has 0 saturated heterocycles. The highest BCUT2D eigenvalue weighted by molar-refractivity contribution is 5.08. The van der Waals surface area contributed by atoms with Gasteiger partial charge in [-0.3, -0.25) is 5.10 Å². The molecule has 0 saturated carbocycles. The molecule has 17 heavy (non-hydrogen) atoms. The molecule has 0 radical (unpaired) electrons. The van der Waals surface area contributed by atoms with Crippen molar-refractivity contribution in [3.05, 3.63) is 17.5 Å². The molecule has 0 unspecified atom stereocenters. The molecule has 4 nitrogen and oxygen atoms in total. The lowest BCUT2D eigenvalue weighted by Gasteiger charge is -2.04. The minimum absolute atomic E-state index is 0.893. The molecular weight excluding hydrogens is 212 g/mol. The number of hydrogen-bond acceptors (Lipinski definition) is 3. The third kappa shape index (κ3) is 6.44. The second-order valence-corrected chi connectivity index (χ2v) is 4.41. The molecule has 0 amide bonds. The van der Waals surface area contributed by atoms with Gasteiger partial charge in [0.25, 0.3) is 0 Å². The molecule has 0 bridgehead atoms. The molecule has 98 valence electrons. The standard InChI is InChI=1S/C13H26N4/c1-3-6-12-10-13(17-16-12)11-15-9-5-8-14-7-4-2/h10,14-15H,3-9,11H2,1-2H3,(H,16,17). The third-order valence-corrected chi connectivity index (χ3v) is 2.64. The van der Waals surface area contributed by atoms with Crippen molar-refractivity contribution in [1.29, 1.82) is 0 Å². The van der Waals surface area contributed by atoms with Gasteiger partial charge in [0, 0.05) is 12.2 Å². The number of aryl methyl sites for hydroxylation is 1. The van der Waals surface area contributed by atoms with E-state index in [0.717, 1.165) is 39.0 Å². The zero-order valence-corrected chi connectivity index (χ0v) is 11.2. The Bertz CT molecular complexity index is 283. The normalized spacial score (nSPS) is 10.9. The average molecular weight is 238 g/mol. The first kappa shape index (κ1) is 14.2. The van der Waals surface area contributed by atoms with Crippen LogP contribution >= 0.6 is 0 Å². The SMILES string of the molecule is CCCNCCCNCc1cc(CCC)n[nH]1. The van der Waals surface area contributed by atoms with Crippen LogP contribution in [0.5, 0.6) is 0 Å². The van der Waals surface area contributed by atoms with E-state index in [4.69, 9.17) is 0 Å². The zero-order valence-electron chi connectivity index (χ0n) is 11.2. The highest BCUT2D eigenvalue weighted by atomic mass is 15.1. The number of aromatic nitrogens is 2. The van der Waals surface area contributed by atoms with E-state index in [-0.39, 0.29) is 0 Å². The van der Waals surface area contributed by atoms with Gasteiger partial charge in [-0.25, -0.2) is 0 Å². The summed E-state index contributed by atoms with van der Waals surface area (Å²) >= 11 is 0. The highest BCUT2D eigenvalue weighted by Crippen LogP contribution is 2.01. The fourth-order valence-electron chi connectivity index (χ4n) is 1.75. The lowest BCUT2D eigenvalue weighted by Crippen LogP contribution is -2.22. The van der Waals surface area contributed by atoms with Crippen LogP contribution in [0.4, 0.5) is 0 Å². The lowest BCUT2D eigenvalue weighted by molar-refractivity contribution is 0.588. The molecule has 0 aliphatic heterocycles. The Labute approximate surface area is 105 Å². The van der Waals surface area contributed by atoms with Crippen molar-refractivity contribution in [3.8, 4) is 0 Å². The first-order valence-corrected chi connectivity index (χ1v) is 6.81. The molecule has 1 heterocycles. The van der Waals surface area contributed by atoms with E-state index in [0.29, 0.717) is 0 Å². The lowest BCUT2D eigenvalue weighted by atomic mass is 10.2. The zero-order chi connectivity index (χ0) is 12.3. The quantitative estimate of drug-likeness (QED) is 0.545. The van der Waals surface area contributed by atoms with Gasteiger partial charge in [-0.15, -0.1) is 0 Å². The van der Waals surface area contributed by atoms with Gasteiger partial charge in [0.1, 0.15) is 0 Å². The van der Waals surface area contributed by atoms with Crippen LogP contribution in [0.25, 0.3) is 0 Å². The van der Waals surface area contributed by atoms with Gasteiger partial charge < -0.3 is 10.6 Å². The summed E-state index contributed by atoms with van der Waals surface area (Å²) in [5, 5.41) is 14.2. The van der Waals surface area contributed by atoms with E-state index in [1.54, 1.807) is 0 Å². The van der Waals surface area contributed by atoms with Crippen molar-refractivity contribution in [2.45, 2.75) is 46.1 Å². The van der Waals surface area contributed by atoms with Crippen molar-refractivity contribution in [2.75, 3.05) is 19.6 Å². The van der Waals surface area contributed by atoms with Gasteiger partial charge in [-0.05, 0) is 45.0 Å². The molecule has 0 atom stereocenters. The second-order valence-electron chi connectivity index (χ2n) is 4.41. The summed E-state index contributed by atoms with van der Waals surface area (Å²) in [5.74, 6) is 0. The summed E-state index contributed by atoms with van der Waals surface area (Å²) < 4.78 is 0. The van der Waals surface area contributed by atoms with Crippen molar-refractivity contribution in [2.24, 2.45) is 0 Å². The molecule has 3 N–H and O–H groups in total. The van der Waals surface area contributed by atoms with Gasteiger partial charge in [0.2, 0.25) is 0 Å². The van der Waals surface area contributed by atoms with Crippen LogP contribution in [-0.4, -0.2) is 29.8 Å². The van der Waals surface area contributed by atoms with E-state index in [2.05, 4.69) is 40.7 Å². The van der Waals surface area contributed by atoms with E-state index >= 15 is 0 Å². The summed E-state index contributed by atoms with van der Waals surface area (Å²) in [5.41, 5.74) is 2.36. The van der Waals surface area contributed by atoms with E-state index in [1.165, 1.54) is 24.2 Å². The van der Waals surface area contributed by atoms with Crippen LogP contribution in [0.15, 0.2) is 6.07 Å². The summed E-state index contributed by atoms with van der Waals surface area (Å²) in [6, 6.07) is 2.16. The average Bonchev–Trinajstić information content (AvgIpc) is 2.76. The Hall–Kier alpha value is -0.870. The Balaban J connectivity index is 2.01. The van der Waals surface area contributed by atoms with Crippen LogP contribution in [-0.2, 0) is 13.0 Å². The van der Waals surface area contributed by atoms with Crippen LogP contribution in [0.3, 0.4) is 0 Å². The predicted octanol–water partition coefficient (Wildman–Crippen LogP) is 1.84. The first-order valence-electron chi connectivity index (χ1n) is 6.81. The van der Waals surface area contributed by atoms with Gasteiger partial charge in [0.15, 0.2) is 0 Å². The second kappa shape index (κ2) is 9.19. The number of nitrogens with zero attached hydrogens (tertiary/aromatic N) is 1. The maximum absolute atomic E-state index is 4.27. The Kier molecular flexibility index (Phi) is 7.67. The summed E-state index contributed by atoms with van der Waals surface area (Å²) in [4.78, 5) is 0. The van der Waals surface area contributed by atoms with Crippen LogP contribution in [0.2, 0.25) is 0 Å². The third-order valence-electron chi connectivity index (χ3n) is 2.64. The number of aromatic amines is 1. The molecule has 0 spiro atoms. The molecule has 0 aliphatic carbocycles. The van der Waals surface area contributed by atoms with Crippen LogP contribution < -0.4 is 10.6 Å². The minimum Gasteiger partial charge on any atom is -0.317 e. The van der Waals surface area contributed by atoms with Crippen molar-refractivity contribution >= 4 is 0 Å². The maximum Gasteiger partial charge on any atom is 0.0625 e. The summed E-state index contributed by atoms with van der Waals surface area (Å²) in [6.45, 7) is 8.54. The highest BCUT2D eigenvalue weighted by Gasteiger charge is 1.99. The fraction of sp³-hybridized carbons (Fsp3) is 0.769. The molecule has 4 heteroatoms. The van der Waals surface area contributed by atoms with Crippen molar-refractivity contribution in [1.82, 2.24) is 20.8 Å². The Morgan fingerprint density at radius 1 is 1.12 bits per heavy atom. The number of rotatable bonds is 10. The monoisotopic (exact) mass is 238 g/mol. The van der Waals surface area contributed by atoms with Crippen LogP contribution in [0, 0.1) is 0 Å². The topological polar surface area (TPSA) is 52.7 Å². The molecule has 0 fully saturated rings. The van der Waals surface area contributed by atoms with E-state index < -0.39 is 0 Å². The molecule has 1 aromatic heterocycles. The molecule has 0 aromatic carbocycles. The number of nitrogens with one attached hydrogen (secondary N) is 3. The Morgan fingerprint density at radius 2 is 1.94 bits per heavy atom. The van der Waals surface area contributed by atoms with Gasteiger partial charge >= 0.3 is 0 Å². The molecule has 1 rings (SSSR count). The fourth-order valence-corrected chi connectivity index (χ4v) is 1.75. The summed E-state index contributed by atoms with van der Waals surface area (Å²) in [7, 11) is 0. The van der Waals surface area contributed by atoms with Gasteiger partial charge in [-0.1, -0.05) is 20.3 Å². The number of hydrogen-bond donors (Lipinski definition) is 3. The smallest absolute Gasteiger partial charge is 0.0625 e. The minimum atomic E-state index is 0.893. The maximum atomic E-state index is 4.27. The largest absolute Gasteiger partial charge is 0.317 e. The van der Waals surface area contributed by atoms with Gasteiger partial charge in [0.05, 0.1) is 5.69 Å². The predicted molar refractivity (Wildman–Crippen MR) is 72.1 cm³/mol. The van der Waals surface area contributed by atoms with Crippen molar-refractivity contribution in [3.63, 3.8) is 0 Å². The number of H-pyrrole nitrogens is 1. The Morgan fingerprint density at radius 3 is 2.71 bits per heavy atom. The molecular formula is C13H26N4.